The van der Waals surface area contributed by atoms with Crippen LogP contribution in [0.15, 0.2) is 59.7 Å². The Morgan fingerprint density at radius 2 is 1.96 bits per heavy atom. The van der Waals surface area contributed by atoms with Gasteiger partial charge in [0.1, 0.15) is 0 Å². The van der Waals surface area contributed by atoms with E-state index in [9.17, 15) is 4.79 Å². The molecule has 0 saturated heterocycles. The molecule has 0 unspecified atom stereocenters. The predicted molar refractivity (Wildman–Crippen MR) is 111 cm³/mol. The van der Waals surface area contributed by atoms with Gasteiger partial charge in [-0.2, -0.15) is 0 Å². The molecule has 0 radical (unpaired) electrons. The number of fused-ring (bicyclic) bond motifs is 1. The number of furan rings is 1. The maximum Gasteiger partial charge on any atom is 0.287 e. The van der Waals surface area contributed by atoms with Gasteiger partial charge in [0.05, 0.1) is 6.26 Å². The second-order valence-electron chi connectivity index (χ2n) is 6.41. The molecule has 1 amide bonds. The van der Waals surface area contributed by atoms with Crippen LogP contribution in [0.5, 0.6) is 0 Å². The van der Waals surface area contributed by atoms with Crippen molar-refractivity contribution in [1.82, 2.24) is 20.2 Å². The van der Waals surface area contributed by atoms with Crippen molar-refractivity contribution in [1.29, 1.82) is 0 Å². The Hall–Kier alpha value is -2.41. The highest BCUT2D eigenvalue weighted by Crippen LogP contribution is 2.23. The van der Waals surface area contributed by atoms with Crippen molar-refractivity contribution >= 4 is 30.7 Å². The molecule has 1 aliphatic heterocycles. The van der Waals surface area contributed by atoms with Gasteiger partial charge in [-0.05, 0) is 52.9 Å². The van der Waals surface area contributed by atoms with Gasteiger partial charge in [0, 0.05) is 51.0 Å². The summed E-state index contributed by atoms with van der Waals surface area (Å²) >= 11 is 0. The topological polar surface area (TPSA) is 71.3 Å². The van der Waals surface area contributed by atoms with Crippen LogP contribution in [0.1, 0.15) is 32.8 Å². The smallest absolute Gasteiger partial charge is 0.287 e. The molecule has 1 N–H and O–H groups in total. The van der Waals surface area contributed by atoms with E-state index in [0.717, 1.165) is 31.6 Å². The van der Waals surface area contributed by atoms with E-state index < -0.39 is 0 Å². The van der Waals surface area contributed by atoms with E-state index in [-0.39, 0.29) is 30.7 Å². The molecule has 0 spiro atoms. The van der Waals surface area contributed by atoms with Crippen LogP contribution in [0.2, 0.25) is 0 Å². The van der Waals surface area contributed by atoms with Gasteiger partial charge in [0.2, 0.25) is 0 Å². The Morgan fingerprint density at radius 1 is 1.14 bits per heavy atom. The average Bonchev–Trinajstić information content (AvgIpc) is 3.21. The lowest BCUT2D eigenvalue weighted by atomic mass is 9.96. The zero-order valence-electron chi connectivity index (χ0n) is 15.2. The molecule has 4 rings (SSSR count). The van der Waals surface area contributed by atoms with Crippen LogP contribution in [-0.2, 0) is 26.1 Å². The van der Waals surface area contributed by atoms with Crippen molar-refractivity contribution in [3.05, 3.63) is 83.3 Å². The molecule has 0 saturated carbocycles. The number of rotatable bonds is 5. The summed E-state index contributed by atoms with van der Waals surface area (Å²) in [6.07, 6.45) is 9.89. The zero-order chi connectivity index (χ0) is 17.8. The Kier molecular flexibility index (Phi) is 7.99. The van der Waals surface area contributed by atoms with E-state index in [1.165, 1.54) is 23.0 Å². The first kappa shape index (κ1) is 21.9. The molecular weight excluding hydrogens is 399 g/mol. The molecular formula is C20H22Cl2N4O2. The first-order valence-electron chi connectivity index (χ1n) is 8.67. The van der Waals surface area contributed by atoms with Crippen LogP contribution in [-0.4, -0.2) is 27.3 Å². The molecule has 0 aliphatic carbocycles. The van der Waals surface area contributed by atoms with Crippen molar-refractivity contribution in [2.24, 2.45) is 0 Å². The Bertz CT molecular complexity index is 888. The lowest BCUT2D eigenvalue weighted by Gasteiger charge is -2.29. The largest absolute Gasteiger partial charge is 0.459 e. The first-order valence-corrected chi connectivity index (χ1v) is 8.67. The highest BCUT2D eigenvalue weighted by Gasteiger charge is 2.20. The number of hydrogen-bond donors (Lipinski definition) is 1. The van der Waals surface area contributed by atoms with E-state index in [2.05, 4.69) is 20.2 Å². The van der Waals surface area contributed by atoms with Crippen molar-refractivity contribution in [2.75, 3.05) is 6.54 Å². The molecule has 148 valence electrons. The Labute approximate surface area is 176 Å². The summed E-state index contributed by atoms with van der Waals surface area (Å²) in [6.45, 7) is 3.21. The zero-order valence-corrected chi connectivity index (χ0v) is 16.8. The molecule has 4 heterocycles. The number of carbonyl (C=O) groups excluding carboxylic acids is 1. The minimum atomic E-state index is -0.206. The van der Waals surface area contributed by atoms with Gasteiger partial charge in [-0.25, -0.2) is 0 Å². The summed E-state index contributed by atoms with van der Waals surface area (Å²) in [5.74, 6) is 0.119. The summed E-state index contributed by atoms with van der Waals surface area (Å²) in [5, 5.41) is 2.91. The SMILES string of the molecule is Cl.Cl.O=C(NCc1cncc2c1CCN(Cc1ccncc1)C2)c1ccco1. The fourth-order valence-electron chi connectivity index (χ4n) is 3.33. The highest BCUT2D eigenvalue weighted by atomic mass is 35.5. The van der Waals surface area contributed by atoms with Crippen LogP contribution >= 0.6 is 24.8 Å². The average molecular weight is 421 g/mol. The second-order valence-corrected chi connectivity index (χ2v) is 6.41. The molecule has 0 aromatic carbocycles. The summed E-state index contributed by atoms with van der Waals surface area (Å²) in [6, 6.07) is 7.46. The summed E-state index contributed by atoms with van der Waals surface area (Å²) in [5.41, 5.74) is 4.87. The third-order valence-electron chi connectivity index (χ3n) is 4.65. The van der Waals surface area contributed by atoms with Crippen molar-refractivity contribution < 1.29 is 9.21 Å². The standard InChI is InChI=1S/C20H20N4O2.2ClH/c25-20(19-2-1-9-26-19)23-12-16-10-22-11-17-14-24(8-5-18(16)17)13-15-3-6-21-7-4-15;;/h1-4,6-7,9-11H,5,8,12-14H2,(H,23,25);2*1H. The molecule has 3 aromatic heterocycles. The van der Waals surface area contributed by atoms with Crippen molar-refractivity contribution in [3.63, 3.8) is 0 Å². The molecule has 0 bridgehead atoms. The van der Waals surface area contributed by atoms with E-state index in [1.807, 2.05) is 36.9 Å². The molecule has 0 atom stereocenters. The van der Waals surface area contributed by atoms with Crippen LogP contribution in [0, 0.1) is 0 Å². The van der Waals surface area contributed by atoms with Crippen molar-refractivity contribution in [2.45, 2.75) is 26.1 Å². The van der Waals surface area contributed by atoms with E-state index in [1.54, 1.807) is 12.1 Å². The van der Waals surface area contributed by atoms with Crippen LogP contribution < -0.4 is 5.32 Å². The number of nitrogens with one attached hydrogen (secondary N) is 1. The monoisotopic (exact) mass is 420 g/mol. The maximum absolute atomic E-state index is 12.1. The second kappa shape index (κ2) is 10.2. The first-order chi connectivity index (χ1) is 12.8. The van der Waals surface area contributed by atoms with Gasteiger partial charge in [0.15, 0.2) is 5.76 Å². The Balaban J connectivity index is 0.00000140. The molecule has 0 fully saturated rings. The molecule has 8 heteroatoms. The lowest BCUT2D eigenvalue weighted by Crippen LogP contribution is -2.32. The van der Waals surface area contributed by atoms with Crippen molar-refractivity contribution in [3.8, 4) is 0 Å². The van der Waals surface area contributed by atoms with Gasteiger partial charge in [-0.3, -0.25) is 19.7 Å². The van der Waals surface area contributed by atoms with E-state index in [0.29, 0.717) is 12.3 Å². The van der Waals surface area contributed by atoms with E-state index >= 15 is 0 Å². The lowest BCUT2D eigenvalue weighted by molar-refractivity contribution is 0.0923. The summed E-state index contributed by atoms with van der Waals surface area (Å²) in [4.78, 5) is 22.9. The van der Waals surface area contributed by atoms with Crippen LogP contribution in [0.3, 0.4) is 0 Å². The fraction of sp³-hybridized carbons (Fsp3) is 0.250. The number of pyridine rings is 2. The van der Waals surface area contributed by atoms with Crippen LogP contribution in [0.25, 0.3) is 0 Å². The minimum Gasteiger partial charge on any atom is -0.459 e. The normalized spacial score (nSPS) is 13.0. The highest BCUT2D eigenvalue weighted by molar-refractivity contribution is 5.91. The van der Waals surface area contributed by atoms with Gasteiger partial charge >= 0.3 is 0 Å². The number of aromatic nitrogens is 2. The van der Waals surface area contributed by atoms with Gasteiger partial charge in [-0.1, -0.05) is 0 Å². The van der Waals surface area contributed by atoms with Gasteiger partial charge in [0.25, 0.3) is 5.91 Å². The third kappa shape index (κ3) is 5.10. The number of amides is 1. The predicted octanol–water partition coefficient (Wildman–Crippen LogP) is 3.40. The quantitative estimate of drug-likeness (QED) is 0.684. The molecule has 28 heavy (non-hydrogen) atoms. The number of halogens is 2. The number of hydrogen-bond acceptors (Lipinski definition) is 5. The molecule has 1 aliphatic rings. The van der Waals surface area contributed by atoms with Gasteiger partial charge in [-0.15, -0.1) is 24.8 Å². The Morgan fingerprint density at radius 3 is 2.71 bits per heavy atom. The summed E-state index contributed by atoms with van der Waals surface area (Å²) in [7, 11) is 0. The molecule has 3 aromatic rings. The summed E-state index contributed by atoms with van der Waals surface area (Å²) < 4.78 is 5.13. The van der Waals surface area contributed by atoms with Crippen LogP contribution in [0.4, 0.5) is 0 Å². The minimum absolute atomic E-state index is 0. The third-order valence-corrected chi connectivity index (χ3v) is 4.65. The maximum atomic E-state index is 12.1. The molecule has 6 nitrogen and oxygen atoms in total. The fourth-order valence-corrected chi connectivity index (χ4v) is 3.33. The number of carbonyl (C=O) groups is 1. The van der Waals surface area contributed by atoms with E-state index in [4.69, 9.17) is 4.42 Å². The van der Waals surface area contributed by atoms with Gasteiger partial charge < -0.3 is 9.73 Å². The number of nitrogens with zero attached hydrogens (tertiary/aromatic N) is 3.